The molecule has 1 aromatic heterocycles. The Kier molecular flexibility index (Phi) is 3.45. The monoisotopic (exact) mass is 296 g/mol. The molecule has 0 bridgehead atoms. The molecule has 2 aliphatic rings. The van der Waals surface area contributed by atoms with Gasteiger partial charge in [-0.25, -0.2) is 0 Å². The van der Waals surface area contributed by atoms with Crippen molar-refractivity contribution in [3.8, 4) is 0 Å². The zero-order valence-corrected chi connectivity index (χ0v) is 11.4. The van der Waals surface area contributed by atoms with Crippen molar-refractivity contribution in [1.82, 2.24) is 9.88 Å². The number of hydrogen-bond acceptors (Lipinski definition) is 3. The average molecular weight is 297 g/mol. The first kappa shape index (κ1) is 11.6. The van der Waals surface area contributed by atoms with Crippen molar-refractivity contribution in [3.63, 3.8) is 0 Å². The highest BCUT2D eigenvalue weighted by Gasteiger charge is 2.35. The van der Waals surface area contributed by atoms with Crippen LogP contribution in [0.3, 0.4) is 0 Å². The van der Waals surface area contributed by atoms with Gasteiger partial charge >= 0.3 is 0 Å². The Balaban J connectivity index is 1.69. The molecule has 2 atom stereocenters. The lowest BCUT2D eigenvalue weighted by Crippen LogP contribution is -2.47. The number of rotatable bonds is 2. The van der Waals surface area contributed by atoms with E-state index in [9.17, 15) is 0 Å². The molecule has 3 rings (SSSR count). The van der Waals surface area contributed by atoms with Gasteiger partial charge < -0.3 is 4.74 Å². The highest BCUT2D eigenvalue weighted by molar-refractivity contribution is 9.10. The van der Waals surface area contributed by atoms with Gasteiger partial charge in [-0.1, -0.05) is 0 Å². The summed E-state index contributed by atoms with van der Waals surface area (Å²) in [6.07, 6.45) is 6.16. The third-order valence-electron chi connectivity index (χ3n) is 3.75. The van der Waals surface area contributed by atoms with Gasteiger partial charge in [0.2, 0.25) is 0 Å². The van der Waals surface area contributed by atoms with E-state index in [2.05, 4.69) is 37.9 Å². The van der Waals surface area contributed by atoms with Crippen LogP contribution in [-0.4, -0.2) is 35.2 Å². The predicted molar refractivity (Wildman–Crippen MR) is 69.7 cm³/mol. The highest BCUT2D eigenvalue weighted by atomic mass is 79.9. The second-order valence-electron chi connectivity index (χ2n) is 4.85. The fourth-order valence-electron chi connectivity index (χ4n) is 2.91. The van der Waals surface area contributed by atoms with Crippen molar-refractivity contribution in [2.24, 2.45) is 0 Å². The van der Waals surface area contributed by atoms with Gasteiger partial charge in [-0.15, -0.1) is 0 Å². The predicted octanol–water partition coefficient (Wildman–Crippen LogP) is 2.60. The van der Waals surface area contributed by atoms with Crippen molar-refractivity contribution in [2.75, 3.05) is 13.2 Å². The molecule has 0 N–H and O–H groups in total. The number of morpholine rings is 1. The van der Waals surface area contributed by atoms with Gasteiger partial charge in [0.15, 0.2) is 0 Å². The fourth-order valence-corrected chi connectivity index (χ4v) is 3.14. The van der Waals surface area contributed by atoms with Crippen LogP contribution in [0.1, 0.15) is 25.0 Å². The second-order valence-corrected chi connectivity index (χ2v) is 5.76. The van der Waals surface area contributed by atoms with Gasteiger partial charge in [0, 0.05) is 29.8 Å². The van der Waals surface area contributed by atoms with Crippen LogP contribution in [0.2, 0.25) is 0 Å². The largest absolute Gasteiger partial charge is 0.375 e. The normalized spacial score (nSPS) is 29.2. The Morgan fingerprint density at radius 3 is 3.18 bits per heavy atom. The zero-order chi connectivity index (χ0) is 11.7. The summed E-state index contributed by atoms with van der Waals surface area (Å²) >= 11 is 3.42. The summed E-state index contributed by atoms with van der Waals surface area (Å²) in [5, 5.41) is 0. The van der Waals surface area contributed by atoms with E-state index in [0.29, 0.717) is 12.1 Å². The third kappa shape index (κ3) is 2.54. The summed E-state index contributed by atoms with van der Waals surface area (Å²) in [5.41, 5.74) is 1.15. The van der Waals surface area contributed by atoms with E-state index in [1.807, 2.05) is 6.20 Å². The smallest absolute Gasteiger partial charge is 0.0731 e. The van der Waals surface area contributed by atoms with Gasteiger partial charge in [-0.2, -0.15) is 0 Å². The molecule has 17 heavy (non-hydrogen) atoms. The lowest BCUT2D eigenvalue weighted by Gasteiger charge is -2.37. The lowest BCUT2D eigenvalue weighted by molar-refractivity contribution is -0.0592. The maximum Gasteiger partial charge on any atom is 0.0731 e. The van der Waals surface area contributed by atoms with Crippen LogP contribution >= 0.6 is 15.9 Å². The molecule has 1 saturated carbocycles. The number of nitrogens with zero attached hydrogens (tertiary/aromatic N) is 2. The van der Waals surface area contributed by atoms with Gasteiger partial charge in [0.05, 0.1) is 18.4 Å². The topological polar surface area (TPSA) is 25.4 Å². The number of hydrogen-bond donors (Lipinski definition) is 0. The Bertz CT molecular complexity index is 382. The maximum absolute atomic E-state index is 5.82. The van der Waals surface area contributed by atoms with Crippen molar-refractivity contribution in [2.45, 2.75) is 38.0 Å². The minimum Gasteiger partial charge on any atom is -0.375 e. The van der Waals surface area contributed by atoms with Crippen LogP contribution in [0.25, 0.3) is 0 Å². The molecular formula is C13H17BrN2O. The van der Waals surface area contributed by atoms with Gasteiger partial charge in [-0.3, -0.25) is 9.88 Å². The van der Waals surface area contributed by atoms with Crippen LogP contribution < -0.4 is 0 Å². The van der Waals surface area contributed by atoms with E-state index in [-0.39, 0.29) is 0 Å². The second kappa shape index (κ2) is 5.04. The van der Waals surface area contributed by atoms with Crippen molar-refractivity contribution < 1.29 is 4.74 Å². The molecule has 1 saturated heterocycles. The number of halogens is 1. The van der Waals surface area contributed by atoms with Crippen LogP contribution in [0, 0.1) is 0 Å². The molecule has 0 radical (unpaired) electrons. The molecular weight excluding hydrogens is 280 g/mol. The summed E-state index contributed by atoms with van der Waals surface area (Å²) in [6.45, 7) is 2.87. The molecule has 2 unspecified atom stereocenters. The van der Waals surface area contributed by atoms with Gasteiger partial charge in [-0.05, 0) is 47.3 Å². The standard InChI is InChI=1S/C13H17BrN2O/c14-10-4-5-11(15-8-10)9-16-6-7-17-13-3-1-2-12(13)16/h4-5,8,12-13H,1-3,6-7,9H2. The quantitative estimate of drug-likeness (QED) is 0.839. The molecule has 1 aromatic rings. The van der Waals surface area contributed by atoms with Crippen LogP contribution in [0.4, 0.5) is 0 Å². The van der Waals surface area contributed by atoms with Gasteiger partial charge in [0.1, 0.15) is 0 Å². The molecule has 2 heterocycles. The summed E-state index contributed by atoms with van der Waals surface area (Å²) in [7, 11) is 0. The minimum absolute atomic E-state index is 0.471. The van der Waals surface area contributed by atoms with Crippen molar-refractivity contribution in [3.05, 3.63) is 28.5 Å². The number of pyridine rings is 1. The SMILES string of the molecule is Brc1ccc(CN2CCOC3CCCC32)nc1. The summed E-state index contributed by atoms with van der Waals surface area (Å²) in [5.74, 6) is 0. The van der Waals surface area contributed by atoms with Crippen LogP contribution in [-0.2, 0) is 11.3 Å². The molecule has 2 fully saturated rings. The van der Waals surface area contributed by atoms with Crippen molar-refractivity contribution >= 4 is 15.9 Å². The number of aromatic nitrogens is 1. The molecule has 0 spiro atoms. The molecule has 3 nitrogen and oxygen atoms in total. The number of ether oxygens (including phenoxy) is 1. The van der Waals surface area contributed by atoms with Crippen LogP contribution in [0.15, 0.2) is 22.8 Å². The Morgan fingerprint density at radius 2 is 2.35 bits per heavy atom. The van der Waals surface area contributed by atoms with E-state index in [1.54, 1.807) is 0 Å². The summed E-state index contributed by atoms with van der Waals surface area (Å²) in [6, 6.07) is 4.78. The van der Waals surface area contributed by atoms with E-state index in [0.717, 1.165) is 29.9 Å². The zero-order valence-electron chi connectivity index (χ0n) is 9.81. The Morgan fingerprint density at radius 1 is 1.41 bits per heavy atom. The lowest BCUT2D eigenvalue weighted by atomic mass is 10.1. The third-order valence-corrected chi connectivity index (χ3v) is 4.22. The first-order valence-corrected chi connectivity index (χ1v) is 7.08. The summed E-state index contributed by atoms with van der Waals surface area (Å²) < 4.78 is 6.86. The summed E-state index contributed by atoms with van der Waals surface area (Å²) in [4.78, 5) is 7.00. The van der Waals surface area contributed by atoms with Crippen LogP contribution in [0.5, 0.6) is 0 Å². The van der Waals surface area contributed by atoms with Crippen molar-refractivity contribution in [1.29, 1.82) is 0 Å². The van der Waals surface area contributed by atoms with E-state index in [1.165, 1.54) is 19.3 Å². The highest BCUT2D eigenvalue weighted by Crippen LogP contribution is 2.30. The molecule has 1 aliphatic heterocycles. The molecule has 0 amide bonds. The Hall–Kier alpha value is -0.450. The molecule has 92 valence electrons. The van der Waals surface area contributed by atoms with E-state index < -0.39 is 0 Å². The number of fused-ring (bicyclic) bond motifs is 1. The first-order valence-electron chi connectivity index (χ1n) is 6.29. The molecule has 1 aliphatic carbocycles. The minimum atomic E-state index is 0.471. The van der Waals surface area contributed by atoms with E-state index >= 15 is 0 Å². The average Bonchev–Trinajstić information content (AvgIpc) is 2.81. The van der Waals surface area contributed by atoms with Gasteiger partial charge in [0.25, 0.3) is 0 Å². The molecule has 0 aromatic carbocycles. The Labute approximate surface area is 110 Å². The first-order chi connectivity index (χ1) is 8.33. The van der Waals surface area contributed by atoms with E-state index in [4.69, 9.17) is 4.74 Å². The fraction of sp³-hybridized carbons (Fsp3) is 0.615. The molecule has 4 heteroatoms. The maximum atomic E-state index is 5.82.